The molecule has 0 aliphatic heterocycles. The van der Waals surface area contributed by atoms with E-state index in [0.29, 0.717) is 13.0 Å². The summed E-state index contributed by atoms with van der Waals surface area (Å²) in [6, 6.07) is 15.2. The molecule has 0 heterocycles. The number of carbonyl (C=O) groups excluding carboxylic acids is 1. The normalized spacial score (nSPS) is 11.9. The molecule has 0 atom stereocenters. The summed E-state index contributed by atoms with van der Waals surface area (Å²) < 4.78 is 16.7. The number of ether oxygens (including phenoxy) is 3. The van der Waals surface area contributed by atoms with Gasteiger partial charge in [0.15, 0.2) is 0 Å². The van der Waals surface area contributed by atoms with E-state index in [-0.39, 0.29) is 16.8 Å². The third-order valence-electron chi connectivity index (χ3n) is 6.72. The standard InChI is InChI=1S/C30H44O4/c1-8-30(9-2,25-15-18-27(23(3)22-25)34-21-19-29(4,5)6)24-13-16-26(17-14-24)33-20-11-10-12-28(31)32-7/h13-18,22H,8-12,19-21H2,1-7H3. The zero-order chi connectivity index (χ0) is 25.2. The molecule has 0 N–H and O–H groups in total. The van der Waals surface area contributed by atoms with Crippen molar-refractivity contribution in [1.82, 2.24) is 0 Å². The van der Waals surface area contributed by atoms with E-state index in [1.165, 1.54) is 23.8 Å². The minimum Gasteiger partial charge on any atom is -0.494 e. The van der Waals surface area contributed by atoms with Crippen molar-refractivity contribution in [2.45, 2.75) is 85.5 Å². The zero-order valence-corrected chi connectivity index (χ0v) is 22.3. The van der Waals surface area contributed by atoms with Crippen LogP contribution in [0.25, 0.3) is 0 Å². The molecule has 0 fully saturated rings. The summed E-state index contributed by atoms with van der Waals surface area (Å²) in [4.78, 5) is 11.2. The third-order valence-corrected chi connectivity index (χ3v) is 6.72. The number of hydrogen-bond acceptors (Lipinski definition) is 4. The number of carbonyl (C=O) groups is 1. The maximum atomic E-state index is 11.2. The van der Waals surface area contributed by atoms with Crippen LogP contribution in [0.1, 0.15) is 89.8 Å². The van der Waals surface area contributed by atoms with E-state index in [9.17, 15) is 4.79 Å². The Morgan fingerprint density at radius 3 is 2.06 bits per heavy atom. The van der Waals surface area contributed by atoms with Gasteiger partial charge in [0.25, 0.3) is 0 Å². The van der Waals surface area contributed by atoms with Crippen LogP contribution in [0.15, 0.2) is 42.5 Å². The Morgan fingerprint density at radius 2 is 1.50 bits per heavy atom. The molecule has 0 saturated carbocycles. The van der Waals surface area contributed by atoms with Crippen molar-refractivity contribution in [3.8, 4) is 11.5 Å². The molecule has 0 aliphatic rings. The van der Waals surface area contributed by atoms with Crippen LogP contribution in [0.2, 0.25) is 0 Å². The third kappa shape index (κ3) is 7.78. The zero-order valence-electron chi connectivity index (χ0n) is 22.3. The first-order chi connectivity index (χ1) is 16.1. The summed E-state index contributed by atoms with van der Waals surface area (Å²) in [7, 11) is 1.42. The predicted molar refractivity (Wildman–Crippen MR) is 140 cm³/mol. The molecule has 2 aromatic carbocycles. The number of esters is 1. The molecule has 0 spiro atoms. The van der Waals surface area contributed by atoms with Crippen LogP contribution in [-0.4, -0.2) is 26.3 Å². The monoisotopic (exact) mass is 468 g/mol. The Morgan fingerprint density at radius 1 is 0.853 bits per heavy atom. The summed E-state index contributed by atoms with van der Waals surface area (Å²) in [5.74, 6) is 1.67. The highest BCUT2D eigenvalue weighted by atomic mass is 16.5. The fourth-order valence-corrected chi connectivity index (χ4v) is 4.34. The van der Waals surface area contributed by atoms with Crippen molar-refractivity contribution in [2.24, 2.45) is 5.41 Å². The number of benzene rings is 2. The van der Waals surface area contributed by atoms with Gasteiger partial charge in [-0.2, -0.15) is 0 Å². The SMILES string of the molecule is CCC(CC)(c1ccc(OCCCCC(=O)OC)cc1)c1ccc(OCCC(C)(C)C)c(C)c1. The molecule has 2 aromatic rings. The minimum atomic E-state index is -0.167. The van der Waals surface area contributed by atoms with E-state index in [1.54, 1.807) is 0 Å². The van der Waals surface area contributed by atoms with E-state index in [2.05, 4.69) is 88.7 Å². The molecule has 188 valence electrons. The lowest BCUT2D eigenvalue weighted by atomic mass is 9.70. The highest BCUT2D eigenvalue weighted by Crippen LogP contribution is 2.41. The number of rotatable bonds is 13. The number of methoxy groups -OCH3 is 1. The van der Waals surface area contributed by atoms with Crippen molar-refractivity contribution >= 4 is 5.97 Å². The van der Waals surface area contributed by atoms with E-state index in [1.807, 2.05) is 0 Å². The van der Waals surface area contributed by atoms with Crippen molar-refractivity contribution in [2.75, 3.05) is 20.3 Å². The lowest BCUT2D eigenvalue weighted by Crippen LogP contribution is -2.26. The number of aryl methyl sites for hydroxylation is 1. The summed E-state index contributed by atoms with van der Waals surface area (Å²) >= 11 is 0. The first-order valence-electron chi connectivity index (χ1n) is 12.7. The molecule has 0 saturated heterocycles. The first-order valence-corrected chi connectivity index (χ1v) is 12.7. The van der Waals surface area contributed by atoms with Crippen molar-refractivity contribution in [3.63, 3.8) is 0 Å². The maximum absolute atomic E-state index is 11.2. The van der Waals surface area contributed by atoms with Gasteiger partial charge in [0, 0.05) is 11.8 Å². The molecule has 0 unspecified atom stereocenters. The summed E-state index contributed by atoms with van der Waals surface area (Å²) in [5, 5.41) is 0. The van der Waals surface area contributed by atoms with E-state index >= 15 is 0 Å². The fraction of sp³-hybridized carbons (Fsp3) is 0.567. The second-order valence-electron chi connectivity index (χ2n) is 10.3. The van der Waals surface area contributed by atoms with Gasteiger partial charge in [0.1, 0.15) is 11.5 Å². The molecule has 0 bridgehead atoms. The Hall–Kier alpha value is -2.49. The van der Waals surface area contributed by atoms with Crippen LogP contribution in [-0.2, 0) is 14.9 Å². The summed E-state index contributed by atoms with van der Waals surface area (Å²) in [6.07, 6.45) is 5.10. The molecule has 0 radical (unpaired) electrons. The van der Waals surface area contributed by atoms with Gasteiger partial charge in [-0.3, -0.25) is 4.79 Å². The Balaban J connectivity index is 2.08. The smallest absolute Gasteiger partial charge is 0.305 e. The molecular weight excluding hydrogens is 424 g/mol. The molecule has 0 amide bonds. The molecule has 0 aromatic heterocycles. The van der Waals surface area contributed by atoms with Crippen LogP contribution in [0.4, 0.5) is 0 Å². The van der Waals surface area contributed by atoms with Gasteiger partial charge in [0.2, 0.25) is 0 Å². The average molecular weight is 469 g/mol. The number of unbranched alkanes of at least 4 members (excludes halogenated alkanes) is 1. The van der Waals surface area contributed by atoms with Gasteiger partial charge in [-0.05, 0) is 79.3 Å². The maximum Gasteiger partial charge on any atom is 0.305 e. The highest BCUT2D eigenvalue weighted by Gasteiger charge is 2.31. The van der Waals surface area contributed by atoms with Gasteiger partial charge >= 0.3 is 5.97 Å². The van der Waals surface area contributed by atoms with Crippen LogP contribution in [0.3, 0.4) is 0 Å². The topological polar surface area (TPSA) is 44.8 Å². The fourth-order valence-electron chi connectivity index (χ4n) is 4.34. The molecular formula is C30H44O4. The van der Waals surface area contributed by atoms with Crippen molar-refractivity contribution < 1.29 is 19.0 Å². The summed E-state index contributed by atoms with van der Waals surface area (Å²) in [6.45, 7) is 14.7. The second kappa shape index (κ2) is 12.8. The van der Waals surface area contributed by atoms with Gasteiger partial charge in [-0.1, -0.05) is 58.9 Å². The van der Waals surface area contributed by atoms with Crippen LogP contribution in [0, 0.1) is 12.3 Å². The number of hydrogen-bond donors (Lipinski definition) is 0. The highest BCUT2D eigenvalue weighted by molar-refractivity contribution is 5.68. The van der Waals surface area contributed by atoms with E-state index in [4.69, 9.17) is 9.47 Å². The van der Waals surface area contributed by atoms with E-state index in [0.717, 1.165) is 50.2 Å². The average Bonchev–Trinajstić information content (AvgIpc) is 2.81. The lowest BCUT2D eigenvalue weighted by Gasteiger charge is -2.34. The Kier molecular flexibility index (Phi) is 10.5. The quantitative estimate of drug-likeness (QED) is 0.224. The molecule has 0 aliphatic carbocycles. The van der Waals surface area contributed by atoms with Crippen molar-refractivity contribution in [1.29, 1.82) is 0 Å². The van der Waals surface area contributed by atoms with E-state index < -0.39 is 0 Å². The molecule has 4 nitrogen and oxygen atoms in total. The largest absolute Gasteiger partial charge is 0.494 e. The van der Waals surface area contributed by atoms with Crippen LogP contribution >= 0.6 is 0 Å². The van der Waals surface area contributed by atoms with Gasteiger partial charge in [0.05, 0.1) is 20.3 Å². The van der Waals surface area contributed by atoms with Gasteiger partial charge < -0.3 is 14.2 Å². The van der Waals surface area contributed by atoms with Crippen molar-refractivity contribution in [3.05, 3.63) is 59.2 Å². The van der Waals surface area contributed by atoms with Crippen LogP contribution in [0.5, 0.6) is 11.5 Å². The van der Waals surface area contributed by atoms with Crippen LogP contribution < -0.4 is 9.47 Å². The minimum absolute atomic E-state index is 0.0479. The van der Waals surface area contributed by atoms with Gasteiger partial charge in [-0.15, -0.1) is 0 Å². The second-order valence-corrected chi connectivity index (χ2v) is 10.3. The molecule has 4 heteroatoms. The molecule has 34 heavy (non-hydrogen) atoms. The predicted octanol–water partition coefficient (Wildman–Crippen LogP) is 7.64. The van der Waals surface area contributed by atoms with Gasteiger partial charge in [-0.25, -0.2) is 0 Å². The lowest BCUT2D eigenvalue weighted by molar-refractivity contribution is -0.140. The summed E-state index contributed by atoms with van der Waals surface area (Å²) in [5.41, 5.74) is 4.04. The Bertz CT molecular complexity index is 889. The first kappa shape index (κ1) is 27.8. The Labute approximate surface area is 207 Å². The molecule has 2 rings (SSSR count).